The molecular formula is C22H29N2O+. The monoisotopic (exact) mass is 337 g/mol. The van der Waals surface area contributed by atoms with Crippen molar-refractivity contribution in [1.82, 2.24) is 5.32 Å². The van der Waals surface area contributed by atoms with Gasteiger partial charge in [0.1, 0.15) is 13.1 Å². The Morgan fingerprint density at radius 2 is 1.44 bits per heavy atom. The lowest BCUT2D eigenvalue weighted by atomic mass is 10.1. The second kappa shape index (κ2) is 9.19. The fourth-order valence-electron chi connectivity index (χ4n) is 3.08. The van der Waals surface area contributed by atoms with Gasteiger partial charge in [0, 0.05) is 29.7 Å². The smallest absolute Gasteiger partial charge is 0.246 e. The van der Waals surface area contributed by atoms with Crippen LogP contribution in [0.15, 0.2) is 72.8 Å². The van der Waals surface area contributed by atoms with Gasteiger partial charge in [-0.2, -0.15) is 0 Å². The molecule has 3 nitrogen and oxygen atoms in total. The Morgan fingerprint density at radius 1 is 0.960 bits per heavy atom. The summed E-state index contributed by atoms with van der Waals surface area (Å²) in [5, 5.41) is 2.93. The van der Waals surface area contributed by atoms with E-state index in [0.717, 1.165) is 30.5 Å². The summed E-state index contributed by atoms with van der Waals surface area (Å²) >= 11 is 0. The Hall–Kier alpha value is -2.39. The molecule has 0 bridgehead atoms. The minimum atomic E-state index is -0.0553. The highest BCUT2D eigenvalue weighted by molar-refractivity contribution is 5.91. The zero-order valence-corrected chi connectivity index (χ0v) is 15.4. The number of benzene rings is 2. The first kappa shape index (κ1) is 18.9. The summed E-state index contributed by atoms with van der Waals surface area (Å²) in [6.07, 6.45) is 0.940. The lowest BCUT2D eigenvalue weighted by molar-refractivity contribution is -0.935. The van der Waals surface area contributed by atoms with E-state index < -0.39 is 0 Å². The molecule has 0 atom stereocenters. The Kier molecular flexibility index (Phi) is 6.96. The van der Waals surface area contributed by atoms with Crippen LogP contribution in [0.5, 0.6) is 0 Å². The topological polar surface area (TPSA) is 29.1 Å². The van der Waals surface area contributed by atoms with Crippen LogP contribution in [0.4, 0.5) is 0 Å². The minimum absolute atomic E-state index is 0.0553. The lowest BCUT2D eigenvalue weighted by Crippen LogP contribution is -2.44. The van der Waals surface area contributed by atoms with Crippen LogP contribution >= 0.6 is 0 Å². The fourth-order valence-corrected chi connectivity index (χ4v) is 3.08. The Balaban J connectivity index is 2.01. The maximum Gasteiger partial charge on any atom is 0.246 e. The van der Waals surface area contributed by atoms with E-state index in [1.165, 1.54) is 11.1 Å². The number of nitrogens with zero attached hydrogens (tertiary/aromatic N) is 1. The molecule has 0 radical (unpaired) electrons. The van der Waals surface area contributed by atoms with E-state index in [0.29, 0.717) is 12.1 Å². The molecule has 2 rings (SSSR count). The summed E-state index contributed by atoms with van der Waals surface area (Å²) in [4.78, 5) is 11.6. The zero-order valence-electron chi connectivity index (χ0n) is 15.4. The summed E-state index contributed by atoms with van der Waals surface area (Å²) in [7, 11) is 2.29. The van der Waals surface area contributed by atoms with Crippen LogP contribution in [0.1, 0.15) is 24.5 Å². The standard InChI is InChI=1S/C22H28N2O/c1-19(2)22(25)23-15-10-16-24(3,17-20-11-6-4-7-12-20)18-21-13-8-5-9-14-21/h4-9,11-14H,1,10,15-18H2,2-3H3/p+1. The predicted octanol–water partition coefficient (Wildman–Crippen LogP) is 3.92. The third kappa shape index (κ3) is 6.55. The summed E-state index contributed by atoms with van der Waals surface area (Å²) in [6.45, 7) is 9.05. The van der Waals surface area contributed by atoms with E-state index in [1.807, 2.05) is 0 Å². The molecule has 2 aromatic carbocycles. The van der Waals surface area contributed by atoms with Gasteiger partial charge < -0.3 is 9.80 Å². The summed E-state index contributed by atoms with van der Waals surface area (Å²) in [5.41, 5.74) is 3.24. The normalized spacial score (nSPS) is 11.1. The molecule has 0 aliphatic carbocycles. The van der Waals surface area contributed by atoms with E-state index in [9.17, 15) is 4.79 Å². The van der Waals surface area contributed by atoms with Crippen LogP contribution in [-0.2, 0) is 17.9 Å². The van der Waals surface area contributed by atoms with Gasteiger partial charge in [-0.25, -0.2) is 0 Å². The van der Waals surface area contributed by atoms with E-state index in [4.69, 9.17) is 0 Å². The molecule has 132 valence electrons. The van der Waals surface area contributed by atoms with E-state index in [2.05, 4.69) is 79.6 Å². The molecule has 0 aromatic heterocycles. The molecule has 25 heavy (non-hydrogen) atoms. The lowest BCUT2D eigenvalue weighted by Gasteiger charge is -2.35. The van der Waals surface area contributed by atoms with Crippen molar-refractivity contribution in [2.75, 3.05) is 20.1 Å². The van der Waals surface area contributed by atoms with Crippen molar-refractivity contribution in [3.63, 3.8) is 0 Å². The first-order valence-corrected chi connectivity index (χ1v) is 8.84. The molecule has 3 heteroatoms. The molecule has 0 aliphatic heterocycles. The van der Waals surface area contributed by atoms with Gasteiger partial charge in [0.15, 0.2) is 0 Å². The SMILES string of the molecule is C=C(C)C(=O)NCCC[N+](C)(Cc1ccccc1)Cc1ccccc1. The van der Waals surface area contributed by atoms with Crippen molar-refractivity contribution in [3.05, 3.63) is 83.9 Å². The van der Waals surface area contributed by atoms with Crippen molar-refractivity contribution in [2.45, 2.75) is 26.4 Å². The Labute approximate surface area is 151 Å². The van der Waals surface area contributed by atoms with Gasteiger partial charge in [-0.3, -0.25) is 4.79 Å². The molecule has 0 aliphatic rings. The van der Waals surface area contributed by atoms with Crippen LogP contribution < -0.4 is 5.32 Å². The predicted molar refractivity (Wildman–Crippen MR) is 104 cm³/mol. The number of hydrogen-bond acceptors (Lipinski definition) is 1. The highest BCUT2D eigenvalue weighted by Gasteiger charge is 2.22. The Bertz CT molecular complexity index is 638. The van der Waals surface area contributed by atoms with Crippen LogP contribution in [0.2, 0.25) is 0 Å². The van der Waals surface area contributed by atoms with Crippen LogP contribution in [-0.4, -0.2) is 30.5 Å². The molecule has 1 amide bonds. The van der Waals surface area contributed by atoms with Gasteiger partial charge in [-0.05, 0) is 6.92 Å². The molecule has 0 spiro atoms. The Morgan fingerprint density at radius 3 is 1.88 bits per heavy atom. The van der Waals surface area contributed by atoms with E-state index in [1.54, 1.807) is 6.92 Å². The maximum absolute atomic E-state index is 11.6. The summed E-state index contributed by atoms with van der Waals surface area (Å²) in [6, 6.07) is 21.2. The van der Waals surface area contributed by atoms with Gasteiger partial charge >= 0.3 is 0 Å². The quantitative estimate of drug-likeness (QED) is 0.419. The number of amides is 1. The third-order valence-corrected chi connectivity index (χ3v) is 4.36. The van der Waals surface area contributed by atoms with Gasteiger partial charge in [0.25, 0.3) is 0 Å². The van der Waals surface area contributed by atoms with Gasteiger partial charge in [0.2, 0.25) is 5.91 Å². The van der Waals surface area contributed by atoms with Gasteiger partial charge in [0.05, 0.1) is 13.6 Å². The first-order valence-electron chi connectivity index (χ1n) is 8.84. The zero-order chi connectivity index (χ0) is 18.1. The van der Waals surface area contributed by atoms with Crippen molar-refractivity contribution < 1.29 is 9.28 Å². The molecule has 0 fully saturated rings. The minimum Gasteiger partial charge on any atom is -0.352 e. The average molecular weight is 337 g/mol. The average Bonchev–Trinajstić information content (AvgIpc) is 2.60. The molecule has 1 N–H and O–H groups in total. The van der Waals surface area contributed by atoms with Crippen molar-refractivity contribution in [3.8, 4) is 0 Å². The fraction of sp³-hybridized carbons (Fsp3) is 0.318. The highest BCUT2D eigenvalue weighted by atomic mass is 16.1. The number of carbonyl (C=O) groups is 1. The summed E-state index contributed by atoms with van der Waals surface area (Å²) < 4.78 is 0.914. The van der Waals surface area contributed by atoms with E-state index in [-0.39, 0.29) is 5.91 Å². The highest BCUT2D eigenvalue weighted by Crippen LogP contribution is 2.18. The van der Waals surface area contributed by atoms with Crippen molar-refractivity contribution >= 4 is 5.91 Å². The van der Waals surface area contributed by atoms with Crippen LogP contribution in [0.25, 0.3) is 0 Å². The number of hydrogen-bond donors (Lipinski definition) is 1. The molecule has 0 heterocycles. The van der Waals surface area contributed by atoms with Crippen molar-refractivity contribution in [1.29, 1.82) is 0 Å². The number of quaternary nitrogens is 1. The maximum atomic E-state index is 11.6. The second-order valence-electron chi connectivity index (χ2n) is 7.02. The number of carbonyl (C=O) groups excluding carboxylic acids is 1. The molecule has 0 unspecified atom stereocenters. The molecule has 2 aromatic rings. The first-order chi connectivity index (χ1) is 12.0. The number of rotatable bonds is 9. The van der Waals surface area contributed by atoms with Gasteiger partial charge in [-0.15, -0.1) is 0 Å². The van der Waals surface area contributed by atoms with Crippen LogP contribution in [0, 0.1) is 0 Å². The second-order valence-corrected chi connectivity index (χ2v) is 7.02. The summed E-state index contributed by atoms with van der Waals surface area (Å²) in [5.74, 6) is -0.0553. The van der Waals surface area contributed by atoms with Crippen molar-refractivity contribution in [2.24, 2.45) is 0 Å². The third-order valence-electron chi connectivity index (χ3n) is 4.36. The molecular weight excluding hydrogens is 308 g/mol. The largest absolute Gasteiger partial charge is 0.352 e. The number of nitrogens with one attached hydrogen (secondary N) is 1. The molecule has 0 saturated heterocycles. The van der Waals surface area contributed by atoms with Crippen LogP contribution in [0.3, 0.4) is 0 Å². The van der Waals surface area contributed by atoms with E-state index >= 15 is 0 Å². The van der Waals surface area contributed by atoms with Gasteiger partial charge in [-0.1, -0.05) is 67.2 Å². The molecule has 0 saturated carbocycles.